The number of fused-ring (bicyclic) bond motifs is 1. The molecule has 0 aliphatic rings. The third-order valence-electron chi connectivity index (χ3n) is 3.97. The van der Waals surface area contributed by atoms with Gasteiger partial charge >= 0.3 is 59.1 Å². The van der Waals surface area contributed by atoms with E-state index < -0.39 is 15.0 Å². The summed E-state index contributed by atoms with van der Waals surface area (Å²) in [4.78, 5) is -0.262. The van der Waals surface area contributed by atoms with E-state index in [1.807, 2.05) is 6.92 Å². The molecule has 3 rings (SSSR count). The van der Waals surface area contributed by atoms with E-state index in [4.69, 9.17) is 0 Å². The quantitative estimate of drug-likeness (QED) is 0.0965. The van der Waals surface area contributed by atoms with Gasteiger partial charge in [-0.1, -0.05) is 6.07 Å². The average molecular weight is 492 g/mol. The monoisotopic (exact) mass is 492 g/mol. The van der Waals surface area contributed by atoms with Crippen LogP contribution in [0.2, 0.25) is 0 Å². The maximum atomic E-state index is 11.7. The van der Waals surface area contributed by atoms with Gasteiger partial charge < -0.3 is 9.81 Å². The van der Waals surface area contributed by atoms with Crippen molar-refractivity contribution in [1.82, 2.24) is 0 Å². The standard InChI is InChI=1S/C18H16N4O6S2.2Na/c1-11-7-13(20-19-2)5-6-17(11)22-21-14-4-3-12-8-15(29-28-27-23)10-18(16(12)9-14)30(24,25)26;;/h3-10,23H,1-2H3,(H,24,25,26);;/q;2*+1/p-2. The van der Waals surface area contributed by atoms with Gasteiger partial charge in [0.25, 0.3) is 0 Å². The Labute approximate surface area is 232 Å². The van der Waals surface area contributed by atoms with Crippen LogP contribution in [-0.2, 0) is 19.5 Å². The van der Waals surface area contributed by atoms with Crippen LogP contribution in [0.25, 0.3) is 10.8 Å². The molecule has 0 aromatic heterocycles. The summed E-state index contributed by atoms with van der Waals surface area (Å²) < 4.78 is 39.4. The second-order valence-electron chi connectivity index (χ2n) is 5.97. The summed E-state index contributed by atoms with van der Waals surface area (Å²) in [5.41, 5.74) is 2.46. The first kappa shape index (κ1) is 29.3. The number of hydrogen-bond acceptors (Lipinski definition) is 11. The van der Waals surface area contributed by atoms with Crippen LogP contribution < -0.4 is 64.4 Å². The van der Waals surface area contributed by atoms with Gasteiger partial charge in [-0.05, 0) is 60.3 Å². The van der Waals surface area contributed by atoms with Crippen LogP contribution in [0.3, 0.4) is 0 Å². The van der Waals surface area contributed by atoms with Crippen LogP contribution >= 0.6 is 12.0 Å². The van der Waals surface area contributed by atoms with Crippen molar-refractivity contribution in [2.75, 3.05) is 7.05 Å². The third kappa shape index (κ3) is 7.65. The van der Waals surface area contributed by atoms with Crippen LogP contribution in [0.15, 0.2) is 78.8 Å². The average Bonchev–Trinajstić information content (AvgIpc) is 2.70. The van der Waals surface area contributed by atoms with Gasteiger partial charge in [0, 0.05) is 17.3 Å². The van der Waals surface area contributed by atoms with Crippen molar-refractivity contribution >= 4 is 50.0 Å². The van der Waals surface area contributed by atoms with Crippen LogP contribution in [0, 0.1) is 6.92 Å². The number of rotatable bonds is 7. The maximum Gasteiger partial charge on any atom is 1.00 e. The predicted octanol–water partition coefficient (Wildman–Crippen LogP) is -1.58. The van der Waals surface area contributed by atoms with Gasteiger partial charge in [0.1, 0.15) is 10.1 Å². The predicted molar refractivity (Wildman–Crippen MR) is 106 cm³/mol. The summed E-state index contributed by atoms with van der Waals surface area (Å²) in [7, 11) is -3.23. The molecule has 0 amide bonds. The minimum atomic E-state index is -4.81. The molecular formula is C18H14N4Na2O6S2. The van der Waals surface area contributed by atoms with Gasteiger partial charge in [-0.2, -0.15) is 24.8 Å². The Morgan fingerprint density at radius 2 is 1.62 bits per heavy atom. The second-order valence-corrected chi connectivity index (χ2v) is 8.09. The molecule has 3 aromatic rings. The molecule has 0 unspecified atom stereocenters. The number of hydrogen-bond donors (Lipinski definition) is 0. The number of nitrogens with zero attached hydrogens (tertiary/aromatic N) is 4. The Morgan fingerprint density at radius 1 is 0.938 bits per heavy atom. The molecule has 0 spiro atoms. The molecular weight excluding hydrogens is 478 g/mol. The Hall–Kier alpha value is -0.740. The van der Waals surface area contributed by atoms with Gasteiger partial charge in [0.05, 0.1) is 34.0 Å². The normalized spacial score (nSPS) is 11.6. The Bertz CT molecular complexity index is 1260. The van der Waals surface area contributed by atoms with E-state index in [1.165, 1.54) is 6.07 Å². The summed E-state index contributed by atoms with van der Waals surface area (Å²) in [6.45, 7) is 1.85. The molecule has 0 atom stereocenters. The molecule has 0 radical (unpaired) electrons. The molecule has 14 heteroatoms. The fraction of sp³-hybridized carbons (Fsp3) is 0.111. The van der Waals surface area contributed by atoms with E-state index in [1.54, 1.807) is 43.4 Å². The number of aryl methyl sites for hydroxylation is 1. The van der Waals surface area contributed by atoms with E-state index >= 15 is 0 Å². The molecule has 32 heavy (non-hydrogen) atoms. The summed E-state index contributed by atoms with van der Waals surface area (Å²) >= 11 is 0.489. The second kappa shape index (κ2) is 13.2. The van der Waals surface area contributed by atoms with Gasteiger partial charge in [-0.25, -0.2) is 8.42 Å². The molecule has 0 saturated carbocycles. The van der Waals surface area contributed by atoms with Crippen molar-refractivity contribution in [1.29, 1.82) is 0 Å². The molecule has 0 N–H and O–H groups in total. The van der Waals surface area contributed by atoms with Crippen molar-refractivity contribution in [2.24, 2.45) is 20.5 Å². The minimum absolute atomic E-state index is 0. The van der Waals surface area contributed by atoms with E-state index in [-0.39, 0.29) is 69.4 Å². The fourth-order valence-corrected chi connectivity index (χ4v) is 3.94. The summed E-state index contributed by atoms with van der Waals surface area (Å²) in [5, 5.41) is 29.9. The van der Waals surface area contributed by atoms with Crippen molar-refractivity contribution in [3.63, 3.8) is 0 Å². The fourth-order valence-electron chi connectivity index (χ4n) is 2.70. The van der Waals surface area contributed by atoms with E-state index in [9.17, 15) is 18.2 Å². The van der Waals surface area contributed by atoms with Crippen LogP contribution in [0.5, 0.6) is 0 Å². The molecule has 3 aromatic carbocycles. The Balaban J connectivity index is 0.00000256. The van der Waals surface area contributed by atoms with Gasteiger partial charge in [-0.15, -0.1) is 0 Å². The molecule has 156 valence electrons. The SMILES string of the molecule is CN=Nc1ccc(N=Nc2ccc3cc(SOO[O-])cc(S(=O)(=O)[O-])c3c2)c(C)c1.[Na+].[Na+]. The van der Waals surface area contributed by atoms with E-state index in [0.717, 1.165) is 11.6 Å². The van der Waals surface area contributed by atoms with Gasteiger partial charge in [0.2, 0.25) is 0 Å². The van der Waals surface area contributed by atoms with E-state index in [2.05, 4.69) is 29.8 Å². The molecule has 0 aliphatic carbocycles. The smallest absolute Gasteiger partial charge is 0.744 e. The van der Waals surface area contributed by atoms with Gasteiger partial charge in [0.15, 0.2) is 0 Å². The van der Waals surface area contributed by atoms with E-state index in [0.29, 0.717) is 34.5 Å². The summed E-state index contributed by atoms with van der Waals surface area (Å²) in [6.07, 6.45) is 0. The third-order valence-corrected chi connectivity index (χ3v) is 5.40. The summed E-state index contributed by atoms with van der Waals surface area (Å²) in [5.74, 6) is 0. The van der Waals surface area contributed by atoms with Crippen LogP contribution in [-0.4, -0.2) is 20.0 Å². The van der Waals surface area contributed by atoms with Crippen molar-refractivity contribution in [3.8, 4) is 0 Å². The van der Waals surface area contributed by atoms with Crippen LogP contribution in [0.1, 0.15) is 5.56 Å². The van der Waals surface area contributed by atoms with Crippen molar-refractivity contribution < 1.29 is 86.7 Å². The van der Waals surface area contributed by atoms with Crippen LogP contribution in [0.4, 0.5) is 17.1 Å². The molecule has 0 bridgehead atoms. The number of azo groups is 2. The molecule has 0 fully saturated rings. The zero-order valence-corrected chi connectivity index (χ0v) is 23.3. The molecule has 0 aliphatic heterocycles. The molecule has 0 heterocycles. The first-order valence-corrected chi connectivity index (χ1v) is 10.5. The zero-order valence-electron chi connectivity index (χ0n) is 17.7. The topological polar surface area (TPSA) is 148 Å². The first-order chi connectivity index (χ1) is 14.3. The largest absolute Gasteiger partial charge is 1.00 e. The zero-order chi connectivity index (χ0) is 21.7. The summed E-state index contributed by atoms with van der Waals surface area (Å²) in [6, 6.07) is 12.6. The minimum Gasteiger partial charge on any atom is -0.744 e. The molecule has 10 nitrogen and oxygen atoms in total. The Kier molecular flexibility index (Phi) is 12.1. The maximum absolute atomic E-state index is 11.7. The Morgan fingerprint density at radius 3 is 2.25 bits per heavy atom. The first-order valence-electron chi connectivity index (χ1n) is 8.31. The number of benzene rings is 3. The van der Waals surface area contributed by atoms with Crippen molar-refractivity contribution in [2.45, 2.75) is 16.7 Å². The molecule has 0 saturated heterocycles. The van der Waals surface area contributed by atoms with Gasteiger partial charge in [-0.3, -0.25) is 5.04 Å². The van der Waals surface area contributed by atoms with Crippen molar-refractivity contribution in [3.05, 3.63) is 54.1 Å².